The molecule has 2 aromatic heterocycles. The highest BCUT2D eigenvalue weighted by atomic mass is 32.1. The van der Waals surface area contributed by atoms with Crippen molar-refractivity contribution in [2.45, 2.75) is 12.5 Å². The number of thiophene rings is 1. The first-order valence-electron chi connectivity index (χ1n) is 8.62. The smallest absolute Gasteiger partial charge is 0.281 e. The van der Waals surface area contributed by atoms with E-state index in [9.17, 15) is 9.59 Å². The molecule has 0 unspecified atom stereocenters. The highest BCUT2D eigenvalue weighted by Gasteiger charge is 2.35. The minimum absolute atomic E-state index is 0.224. The Morgan fingerprint density at radius 1 is 1.21 bits per heavy atom. The van der Waals surface area contributed by atoms with Crippen molar-refractivity contribution in [2.75, 3.05) is 6.61 Å². The second-order valence-electron chi connectivity index (χ2n) is 6.15. The summed E-state index contributed by atoms with van der Waals surface area (Å²) in [6, 6.07) is 13.7. The Bertz CT molecular complexity index is 1010. The summed E-state index contributed by atoms with van der Waals surface area (Å²) in [6.07, 6.45) is 2.12. The molecule has 0 spiro atoms. The van der Waals surface area contributed by atoms with Crippen LogP contribution in [0.3, 0.4) is 0 Å². The molecule has 3 aromatic rings. The van der Waals surface area contributed by atoms with Crippen LogP contribution in [0.1, 0.15) is 33.5 Å². The van der Waals surface area contributed by atoms with E-state index in [1.807, 2.05) is 23.6 Å². The molecule has 1 aliphatic rings. The van der Waals surface area contributed by atoms with Crippen molar-refractivity contribution in [1.29, 1.82) is 0 Å². The summed E-state index contributed by atoms with van der Waals surface area (Å²) in [5, 5.41) is 7.87. The summed E-state index contributed by atoms with van der Waals surface area (Å²) in [4.78, 5) is 25.4. The van der Waals surface area contributed by atoms with Gasteiger partial charge in [-0.15, -0.1) is 11.3 Å². The quantitative estimate of drug-likeness (QED) is 0.693. The van der Waals surface area contributed by atoms with E-state index in [1.54, 1.807) is 47.9 Å². The Kier molecular flexibility index (Phi) is 4.94. The molecule has 0 aliphatic carbocycles. The molecule has 2 amide bonds. The van der Waals surface area contributed by atoms with Gasteiger partial charge in [-0.05, 0) is 35.7 Å². The molecule has 142 valence electrons. The molecule has 2 N–H and O–H groups in total. The van der Waals surface area contributed by atoms with Gasteiger partial charge in [-0.25, -0.2) is 5.01 Å². The molecule has 1 aliphatic heterocycles. The number of nitrogens with two attached hydrogens (primary N) is 1. The van der Waals surface area contributed by atoms with Gasteiger partial charge in [0.2, 0.25) is 0 Å². The zero-order valence-electron chi connectivity index (χ0n) is 14.8. The molecule has 3 heterocycles. The number of nitrogens with zero attached hydrogens (tertiary/aromatic N) is 2. The Balaban J connectivity index is 1.55. The van der Waals surface area contributed by atoms with Gasteiger partial charge in [0.1, 0.15) is 17.6 Å². The standard InChI is InChI=1S/C20H17N3O4S/c21-20(25)13-5-1-2-6-16(13)27-12-19(24)23-15(17-7-3-9-26-17)11-14(22-23)18-8-4-10-28-18/h1-10,15H,11-12H2,(H2,21,25)/t15-/m1/s1. The molecule has 28 heavy (non-hydrogen) atoms. The number of ether oxygens (including phenoxy) is 1. The molecule has 4 rings (SSSR count). The largest absolute Gasteiger partial charge is 0.483 e. The minimum atomic E-state index is -0.615. The van der Waals surface area contributed by atoms with Crippen LogP contribution in [0.25, 0.3) is 0 Å². The van der Waals surface area contributed by atoms with Gasteiger partial charge < -0.3 is 14.9 Å². The lowest BCUT2D eigenvalue weighted by Gasteiger charge is -2.20. The molecule has 0 radical (unpaired) electrons. The number of carbonyl (C=O) groups is 2. The van der Waals surface area contributed by atoms with Crippen molar-refractivity contribution >= 4 is 28.9 Å². The van der Waals surface area contributed by atoms with Crippen LogP contribution < -0.4 is 10.5 Å². The molecule has 1 atom stereocenters. The van der Waals surface area contributed by atoms with Crippen molar-refractivity contribution < 1.29 is 18.7 Å². The molecule has 7 nitrogen and oxygen atoms in total. The van der Waals surface area contributed by atoms with Crippen LogP contribution in [0, 0.1) is 0 Å². The number of rotatable bonds is 6. The summed E-state index contributed by atoms with van der Waals surface area (Å²) in [5.74, 6) is -0.0383. The monoisotopic (exact) mass is 395 g/mol. The van der Waals surface area contributed by atoms with E-state index in [1.165, 1.54) is 5.01 Å². The first kappa shape index (κ1) is 18.0. The van der Waals surface area contributed by atoms with Crippen molar-refractivity contribution in [2.24, 2.45) is 10.8 Å². The summed E-state index contributed by atoms with van der Waals surface area (Å²) in [7, 11) is 0. The van der Waals surface area contributed by atoms with Crippen molar-refractivity contribution in [3.05, 3.63) is 76.4 Å². The highest BCUT2D eigenvalue weighted by molar-refractivity contribution is 7.12. The molecule has 0 saturated heterocycles. The number of furan rings is 1. The molecule has 0 fully saturated rings. The van der Waals surface area contributed by atoms with Gasteiger partial charge in [-0.1, -0.05) is 18.2 Å². The Morgan fingerprint density at radius 2 is 2.07 bits per heavy atom. The van der Waals surface area contributed by atoms with E-state index >= 15 is 0 Å². The summed E-state index contributed by atoms with van der Waals surface area (Å²) < 4.78 is 11.1. The number of hydrazone groups is 1. The van der Waals surface area contributed by atoms with E-state index < -0.39 is 5.91 Å². The molecule has 0 saturated carbocycles. The fraction of sp³-hybridized carbons (Fsp3) is 0.150. The number of hydrogen-bond donors (Lipinski definition) is 1. The van der Waals surface area contributed by atoms with Crippen LogP contribution in [0.2, 0.25) is 0 Å². The molecule has 8 heteroatoms. The maximum absolute atomic E-state index is 12.9. The van der Waals surface area contributed by atoms with E-state index in [2.05, 4.69) is 5.10 Å². The SMILES string of the molecule is NC(=O)c1ccccc1OCC(=O)N1N=C(c2cccs2)C[C@@H]1c1ccco1. The normalized spacial score (nSPS) is 16.1. The predicted molar refractivity (Wildman–Crippen MR) is 104 cm³/mol. The van der Waals surface area contributed by atoms with Gasteiger partial charge in [-0.3, -0.25) is 9.59 Å². The van der Waals surface area contributed by atoms with Crippen molar-refractivity contribution in [3.63, 3.8) is 0 Å². The predicted octanol–water partition coefficient (Wildman–Crippen LogP) is 3.20. The van der Waals surface area contributed by atoms with Crippen molar-refractivity contribution in [3.8, 4) is 5.75 Å². The number of hydrogen-bond acceptors (Lipinski definition) is 6. The van der Waals surface area contributed by atoms with Gasteiger partial charge in [0.25, 0.3) is 11.8 Å². The lowest BCUT2D eigenvalue weighted by molar-refractivity contribution is -0.135. The Labute approximate surface area is 165 Å². The molecule has 0 bridgehead atoms. The molecular weight excluding hydrogens is 378 g/mol. The second kappa shape index (κ2) is 7.69. The first-order chi connectivity index (χ1) is 13.6. The topological polar surface area (TPSA) is 98.1 Å². The number of carbonyl (C=O) groups excluding carboxylic acids is 2. The summed E-state index contributed by atoms with van der Waals surface area (Å²) in [6.45, 7) is -0.275. The minimum Gasteiger partial charge on any atom is -0.483 e. The van der Waals surface area contributed by atoms with Gasteiger partial charge in [-0.2, -0.15) is 5.10 Å². The van der Waals surface area contributed by atoms with E-state index in [0.717, 1.165) is 10.6 Å². The Hall–Kier alpha value is -3.39. The third kappa shape index (κ3) is 3.54. The van der Waals surface area contributed by atoms with E-state index in [4.69, 9.17) is 14.9 Å². The van der Waals surface area contributed by atoms with Crippen LogP contribution in [0.15, 0.2) is 69.7 Å². The maximum atomic E-state index is 12.9. The number of primary amides is 1. The van der Waals surface area contributed by atoms with Gasteiger partial charge >= 0.3 is 0 Å². The highest BCUT2D eigenvalue weighted by Crippen LogP contribution is 2.34. The average Bonchev–Trinajstić information content (AvgIpc) is 3.46. The lowest BCUT2D eigenvalue weighted by Crippen LogP contribution is -2.31. The average molecular weight is 395 g/mol. The van der Waals surface area contributed by atoms with Gasteiger partial charge in [0.15, 0.2) is 6.61 Å². The van der Waals surface area contributed by atoms with E-state index in [-0.39, 0.29) is 29.9 Å². The van der Waals surface area contributed by atoms with Crippen LogP contribution in [0.5, 0.6) is 5.75 Å². The fourth-order valence-corrected chi connectivity index (χ4v) is 3.76. The van der Waals surface area contributed by atoms with Crippen LogP contribution in [0.4, 0.5) is 0 Å². The molecular formula is C20H17N3O4S. The van der Waals surface area contributed by atoms with E-state index in [0.29, 0.717) is 12.2 Å². The zero-order chi connectivity index (χ0) is 19.5. The van der Waals surface area contributed by atoms with Crippen LogP contribution >= 0.6 is 11.3 Å². The van der Waals surface area contributed by atoms with Gasteiger partial charge in [0.05, 0.1) is 22.4 Å². The number of amides is 2. The molecule has 1 aromatic carbocycles. The first-order valence-corrected chi connectivity index (χ1v) is 9.50. The third-order valence-electron chi connectivity index (χ3n) is 4.35. The fourth-order valence-electron chi connectivity index (χ4n) is 3.04. The maximum Gasteiger partial charge on any atom is 0.281 e. The summed E-state index contributed by atoms with van der Waals surface area (Å²) in [5.41, 5.74) is 6.40. The van der Waals surface area contributed by atoms with Crippen LogP contribution in [-0.4, -0.2) is 29.1 Å². The van der Waals surface area contributed by atoms with Gasteiger partial charge in [0, 0.05) is 6.42 Å². The Morgan fingerprint density at radius 3 is 2.79 bits per heavy atom. The number of para-hydroxylation sites is 1. The lowest BCUT2D eigenvalue weighted by atomic mass is 10.1. The van der Waals surface area contributed by atoms with Crippen LogP contribution in [-0.2, 0) is 4.79 Å². The zero-order valence-corrected chi connectivity index (χ0v) is 15.6. The second-order valence-corrected chi connectivity index (χ2v) is 7.09. The number of benzene rings is 1. The summed E-state index contributed by atoms with van der Waals surface area (Å²) >= 11 is 1.57. The van der Waals surface area contributed by atoms with Crippen molar-refractivity contribution in [1.82, 2.24) is 5.01 Å². The third-order valence-corrected chi connectivity index (χ3v) is 5.27.